The number of urea groups is 1. The van der Waals surface area contributed by atoms with E-state index in [2.05, 4.69) is 16.1 Å². The number of carbonyl (C=O) groups excluding carboxylic acids is 2. The Hall–Kier alpha value is -1.89. The summed E-state index contributed by atoms with van der Waals surface area (Å²) in [5, 5.41) is 2.85. The van der Waals surface area contributed by atoms with Crippen LogP contribution in [-0.4, -0.2) is 26.0 Å². The topological polar surface area (TPSA) is 92.3 Å². The summed E-state index contributed by atoms with van der Waals surface area (Å²) < 4.78 is 27.2. The van der Waals surface area contributed by atoms with Crippen molar-refractivity contribution in [3.05, 3.63) is 28.3 Å². The Kier molecular flexibility index (Phi) is 5.84. The van der Waals surface area contributed by atoms with Crippen molar-refractivity contribution in [2.24, 2.45) is 5.41 Å². The Balaban J connectivity index is 1.70. The van der Waals surface area contributed by atoms with Crippen LogP contribution in [0.25, 0.3) is 0 Å². The zero-order valence-corrected chi connectivity index (χ0v) is 17.8. The highest BCUT2D eigenvalue weighted by Gasteiger charge is 2.29. The molecule has 3 rings (SSSR count). The fourth-order valence-corrected chi connectivity index (χ4v) is 5.96. The van der Waals surface area contributed by atoms with Crippen LogP contribution in [0.5, 0.6) is 0 Å². The minimum Gasteiger partial charge on any atom is -0.307 e. The number of rotatable bonds is 7. The van der Waals surface area contributed by atoms with E-state index in [1.807, 2.05) is 0 Å². The van der Waals surface area contributed by atoms with Crippen LogP contribution in [0.4, 0.5) is 10.5 Å². The van der Waals surface area contributed by atoms with Gasteiger partial charge in [0, 0.05) is 12.1 Å². The van der Waals surface area contributed by atoms with E-state index < -0.39 is 21.5 Å². The smallest absolute Gasteiger partial charge is 0.307 e. The van der Waals surface area contributed by atoms with Gasteiger partial charge in [-0.15, -0.1) is 0 Å². The lowest BCUT2D eigenvalue weighted by molar-refractivity contribution is -0.117. The van der Waals surface area contributed by atoms with Gasteiger partial charge in [0.2, 0.25) is 10.0 Å². The molecule has 0 saturated carbocycles. The van der Waals surface area contributed by atoms with Crippen LogP contribution < -0.4 is 10.0 Å². The minimum absolute atomic E-state index is 0.0305. The number of nitrogens with one attached hydrogen (secondary N) is 2. The number of amides is 2. The zero-order chi connectivity index (χ0) is 20.5. The maximum absolute atomic E-state index is 12.5. The van der Waals surface area contributed by atoms with E-state index in [4.69, 9.17) is 0 Å². The second-order valence-electron chi connectivity index (χ2n) is 8.92. The van der Waals surface area contributed by atoms with Crippen molar-refractivity contribution in [2.75, 3.05) is 11.1 Å². The molecule has 2 amide bonds. The van der Waals surface area contributed by atoms with E-state index in [9.17, 15) is 18.0 Å². The lowest BCUT2D eigenvalue weighted by Crippen LogP contribution is -2.40. The van der Waals surface area contributed by atoms with Crippen molar-refractivity contribution < 1.29 is 18.0 Å². The van der Waals surface area contributed by atoms with Crippen LogP contribution in [0, 0.1) is 5.41 Å². The molecule has 0 fully saturated rings. The highest BCUT2D eigenvalue weighted by Crippen LogP contribution is 2.38. The standard InChI is InChI=1S/C21H30N2O4S/c1-14(24)10-11-21(2,3)13-28(26,27)23-20(25)22-19-17-8-4-6-15(17)12-16-7-5-9-18(16)19/h12H,4-11,13H2,1-3H3,(H2,22,23,25). The van der Waals surface area contributed by atoms with Gasteiger partial charge in [-0.05, 0) is 79.5 Å². The van der Waals surface area contributed by atoms with Gasteiger partial charge in [-0.25, -0.2) is 17.9 Å². The van der Waals surface area contributed by atoms with Crippen LogP contribution in [0.3, 0.4) is 0 Å². The van der Waals surface area contributed by atoms with Crippen LogP contribution >= 0.6 is 0 Å². The zero-order valence-electron chi connectivity index (χ0n) is 17.0. The van der Waals surface area contributed by atoms with E-state index in [1.165, 1.54) is 18.1 Å². The molecular weight excluding hydrogens is 376 g/mol. The van der Waals surface area contributed by atoms with E-state index in [-0.39, 0.29) is 11.5 Å². The van der Waals surface area contributed by atoms with Crippen molar-refractivity contribution in [3.8, 4) is 0 Å². The Labute approximate surface area is 167 Å². The Morgan fingerprint density at radius 1 is 1.04 bits per heavy atom. The first-order valence-electron chi connectivity index (χ1n) is 10.0. The maximum Gasteiger partial charge on any atom is 0.332 e. The lowest BCUT2D eigenvalue weighted by atomic mass is 9.89. The quantitative estimate of drug-likeness (QED) is 0.725. The van der Waals surface area contributed by atoms with Gasteiger partial charge in [-0.2, -0.15) is 0 Å². The number of hydrogen-bond acceptors (Lipinski definition) is 4. The molecule has 0 aliphatic heterocycles. The molecule has 154 valence electrons. The van der Waals surface area contributed by atoms with Crippen molar-refractivity contribution in [1.29, 1.82) is 0 Å². The molecule has 2 aliphatic rings. The van der Waals surface area contributed by atoms with E-state index in [0.717, 1.165) is 55.3 Å². The van der Waals surface area contributed by atoms with Crippen molar-refractivity contribution >= 4 is 27.5 Å². The average molecular weight is 407 g/mol. The molecule has 2 N–H and O–H groups in total. The van der Waals surface area contributed by atoms with E-state index >= 15 is 0 Å². The van der Waals surface area contributed by atoms with Gasteiger partial charge in [0.1, 0.15) is 5.78 Å². The van der Waals surface area contributed by atoms with Crippen molar-refractivity contribution in [3.63, 3.8) is 0 Å². The van der Waals surface area contributed by atoms with Crippen molar-refractivity contribution in [2.45, 2.75) is 72.1 Å². The summed E-state index contributed by atoms with van der Waals surface area (Å²) in [7, 11) is -3.81. The molecular formula is C21H30N2O4S. The van der Waals surface area contributed by atoms with Gasteiger partial charge in [0.05, 0.1) is 5.75 Å². The second-order valence-corrected chi connectivity index (χ2v) is 10.6. The largest absolute Gasteiger partial charge is 0.332 e. The van der Waals surface area contributed by atoms with Crippen molar-refractivity contribution in [1.82, 2.24) is 4.72 Å². The molecule has 0 bridgehead atoms. The number of fused-ring (bicyclic) bond motifs is 2. The molecule has 0 radical (unpaired) electrons. The first-order chi connectivity index (χ1) is 13.1. The van der Waals surface area contributed by atoms with E-state index in [1.54, 1.807) is 13.8 Å². The maximum atomic E-state index is 12.5. The second kappa shape index (κ2) is 7.85. The molecule has 28 heavy (non-hydrogen) atoms. The average Bonchev–Trinajstić information content (AvgIpc) is 3.19. The number of aryl methyl sites for hydroxylation is 2. The van der Waals surface area contributed by atoms with Gasteiger partial charge in [-0.3, -0.25) is 0 Å². The number of anilines is 1. The summed E-state index contributed by atoms with van der Waals surface area (Å²) in [6.07, 6.45) is 6.80. The first-order valence-corrected chi connectivity index (χ1v) is 11.7. The molecule has 0 aromatic heterocycles. The van der Waals surface area contributed by atoms with Crippen LogP contribution in [0.2, 0.25) is 0 Å². The monoisotopic (exact) mass is 406 g/mol. The summed E-state index contributed by atoms with van der Waals surface area (Å²) in [5.41, 5.74) is 5.12. The molecule has 1 aromatic rings. The number of carbonyl (C=O) groups is 2. The van der Waals surface area contributed by atoms with E-state index in [0.29, 0.717) is 12.8 Å². The Bertz CT molecular complexity index is 871. The van der Waals surface area contributed by atoms with Gasteiger partial charge in [-0.1, -0.05) is 19.9 Å². The number of sulfonamides is 1. The summed E-state index contributed by atoms with van der Waals surface area (Å²) >= 11 is 0. The predicted molar refractivity (Wildman–Crippen MR) is 110 cm³/mol. The first kappa shape index (κ1) is 20.8. The molecule has 0 spiro atoms. The Morgan fingerprint density at radius 2 is 1.61 bits per heavy atom. The molecule has 7 heteroatoms. The van der Waals surface area contributed by atoms with Gasteiger partial charge in [0.25, 0.3) is 0 Å². The molecule has 0 unspecified atom stereocenters. The molecule has 1 aromatic carbocycles. The highest BCUT2D eigenvalue weighted by atomic mass is 32.2. The summed E-state index contributed by atoms with van der Waals surface area (Å²) in [4.78, 5) is 23.7. The third kappa shape index (κ3) is 4.93. The number of Topliss-reactive ketones (excluding diaryl/α,β-unsaturated/α-hetero) is 1. The van der Waals surface area contributed by atoms with Gasteiger partial charge in [0.15, 0.2) is 0 Å². The highest BCUT2D eigenvalue weighted by molar-refractivity contribution is 7.90. The number of hydrogen-bond donors (Lipinski definition) is 2. The predicted octanol–water partition coefficient (Wildman–Crippen LogP) is 3.51. The summed E-state index contributed by atoms with van der Waals surface area (Å²) in [6, 6.07) is 1.57. The van der Waals surface area contributed by atoms with Crippen LogP contribution in [-0.2, 0) is 40.5 Å². The molecule has 6 nitrogen and oxygen atoms in total. The molecule has 2 aliphatic carbocycles. The SMILES string of the molecule is CC(=O)CCC(C)(C)CS(=O)(=O)NC(=O)Nc1c2c(cc3c1CCC3)CCC2. The summed E-state index contributed by atoms with van der Waals surface area (Å²) in [5.74, 6) is -0.172. The number of benzene rings is 1. The molecule has 0 heterocycles. The van der Waals surface area contributed by atoms with Crippen LogP contribution in [0.1, 0.15) is 68.7 Å². The van der Waals surface area contributed by atoms with Crippen LogP contribution in [0.15, 0.2) is 6.07 Å². The molecule has 0 saturated heterocycles. The van der Waals surface area contributed by atoms with Gasteiger partial charge >= 0.3 is 6.03 Å². The Morgan fingerprint density at radius 3 is 2.14 bits per heavy atom. The lowest BCUT2D eigenvalue weighted by Gasteiger charge is -2.24. The normalized spacial score (nSPS) is 15.8. The number of ketones is 1. The fraction of sp³-hybridized carbons (Fsp3) is 0.619. The minimum atomic E-state index is -3.81. The third-order valence-corrected chi connectivity index (χ3v) is 7.35. The molecule has 0 atom stereocenters. The third-order valence-electron chi connectivity index (χ3n) is 5.69. The van der Waals surface area contributed by atoms with Gasteiger partial charge < -0.3 is 10.1 Å². The fourth-order valence-electron chi connectivity index (χ4n) is 4.38. The summed E-state index contributed by atoms with van der Waals surface area (Å²) in [6.45, 7) is 5.08.